The molecule has 0 aliphatic heterocycles. The summed E-state index contributed by atoms with van der Waals surface area (Å²) in [5.41, 5.74) is 5.90. The van der Waals surface area contributed by atoms with Gasteiger partial charge in [0.15, 0.2) is 0 Å². The Bertz CT molecular complexity index is 1000. The Kier molecular flexibility index (Phi) is 3.36. The van der Waals surface area contributed by atoms with Crippen LogP contribution in [-0.2, 0) is 13.5 Å². The number of aliphatic hydroxyl groups excluding tert-OH is 1. The third kappa shape index (κ3) is 2.30. The van der Waals surface area contributed by atoms with Crippen LogP contribution in [0.2, 0.25) is 0 Å². The smallest absolute Gasteiger partial charge is 0.0675 e. The first-order valence-corrected chi connectivity index (χ1v) is 7.80. The van der Waals surface area contributed by atoms with Gasteiger partial charge in [0.25, 0.3) is 0 Å². The number of aliphatic hydroxyl groups is 1. The maximum absolute atomic E-state index is 9.13. The molecule has 2 heterocycles. The summed E-state index contributed by atoms with van der Waals surface area (Å²) in [5, 5.41) is 11.6. The van der Waals surface area contributed by atoms with Crippen molar-refractivity contribution in [2.24, 2.45) is 7.05 Å². The Labute approximate surface area is 134 Å². The van der Waals surface area contributed by atoms with Gasteiger partial charge in [-0.3, -0.25) is 4.98 Å². The minimum atomic E-state index is 0.179. The summed E-state index contributed by atoms with van der Waals surface area (Å²) in [7, 11) is 2.08. The van der Waals surface area contributed by atoms with Gasteiger partial charge >= 0.3 is 0 Å². The van der Waals surface area contributed by atoms with E-state index in [0.29, 0.717) is 6.42 Å². The van der Waals surface area contributed by atoms with E-state index in [-0.39, 0.29) is 6.61 Å². The molecule has 2 aromatic heterocycles. The van der Waals surface area contributed by atoms with Crippen LogP contribution in [0.5, 0.6) is 0 Å². The van der Waals surface area contributed by atoms with Gasteiger partial charge in [-0.1, -0.05) is 30.3 Å². The number of hydrogen-bond donors (Lipinski definition) is 1. The zero-order chi connectivity index (χ0) is 15.8. The maximum Gasteiger partial charge on any atom is 0.0675 e. The summed E-state index contributed by atoms with van der Waals surface area (Å²) in [5.74, 6) is 0. The Morgan fingerprint density at radius 1 is 0.957 bits per heavy atom. The zero-order valence-electron chi connectivity index (χ0n) is 13.0. The van der Waals surface area contributed by atoms with Crippen molar-refractivity contribution in [2.45, 2.75) is 6.42 Å². The van der Waals surface area contributed by atoms with Crippen LogP contribution in [0.25, 0.3) is 32.9 Å². The van der Waals surface area contributed by atoms with E-state index in [9.17, 15) is 0 Å². The molecule has 0 radical (unpaired) electrons. The minimum Gasteiger partial charge on any atom is -0.396 e. The van der Waals surface area contributed by atoms with Crippen LogP contribution in [0.4, 0.5) is 0 Å². The first-order chi connectivity index (χ1) is 11.3. The van der Waals surface area contributed by atoms with Crippen molar-refractivity contribution in [3.05, 3.63) is 66.5 Å². The number of rotatable bonds is 3. The number of nitrogens with zero attached hydrogens (tertiary/aromatic N) is 2. The fourth-order valence-electron chi connectivity index (χ4n) is 3.27. The van der Waals surface area contributed by atoms with Gasteiger partial charge < -0.3 is 9.67 Å². The summed E-state index contributed by atoms with van der Waals surface area (Å²) in [4.78, 5) is 4.24. The second-order valence-electron chi connectivity index (χ2n) is 5.86. The highest BCUT2D eigenvalue weighted by atomic mass is 16.2. The zero-order valence-corrected chi connectivity index (χ0v) is 13.0. The molecule has 4 aromatic rings. The average Bonchev–Trinajstić information content (AvgIpc) is 2.88. The third-order valence-corrected chi connectivity index (χ3v) is 4.47. The van der Waals surface area contributed by atoms with Crippen molar-refractivity contribution < 1.29 is 5.11 Å². The van der Waals surface area contributed by atoms with Gasteiger partial charge in [0.2, 0.25) is 0 Å². The lowest BCUT2D eigenvalue weighted by atomic mass is 10.00. The maximum atomic E-state index is 9.13. The normalized spacial score (nSPS) is 11.4. The van der Waals surface area contributed by atoms with Gasteiger partial charge in [-0.15, -0.1) is 0 Å². The number of pyridine rings is 1. The number of aromatic nitrogens is 2. The van der Waals surface area contributed by atoms with Crippen LogP contribution in [0.1, 0.15) is 5.56 Å². The molecule has 3 heteroatoms. The van der Waals surface area contributed by atoms with E-state index in [2.05, 4.69) is 65.1 Å². The highest BCUT2D eigenvalue weighted by Gasteiger charge is 2.09. The molecule has 1 N–H and O–H groups in total. The van der Waals surface area contributed by atoms with Gasteiger partial charge in [0.1, 0.15) is 0 Å². The predicted molar refractivity (Wildman–Crippen MR) is 94.4 cm³/mol. The van der Waals surface area contributed by atoms with Crippen molar-refractivity contribution >= 4 is 21.8 Å². The van der Waals surface area contributed by atoms with Gasteiger partial charge in [-0.25, -0.2) is 0 Å². The molecule has 0 atom stereocenters. The van der Waals surface area contributed by atoms with E-state index in [1.165, 1.54) is 27.4 Å². The first kappa shape index (κ1) is 14.0. The van der Waals surface area contributed by atoms with Gasteiger partial charge in [0.05, 0.1) is 11.7 Å². The quantitative estimate of drug-likeness (QED) is 0.622. The van der Waals surface area contributed by atoms with E-state index >= 15 is 0 Å². The van der Waals surface area contributed by atoms with Crippen molar-refractivity contribution in [1.29, 1.82) is 0 Å². The molecule has 2 aromatic carbocycles. The Hall–Kier alpha value is -2.65. The molecule has 4 rings (SSSR count). The molecule has 0 aliphatic carbocycles. The number of fused-ring (bicyclic) bond motifs is 3. The van der Waals surface area contributed by atoms with Gasteiger partial charge in [-0.05, 0) is 41.3 Å². The number of aryl methyl sites for hydroxylation is 1. The summed E-state index contributed by atoms with van der Waals surface area (Å²) in [6, 6.07) is 17.0. The van der Waals surface area contributed by atoms with Crippen molar-refractivity contribution in [3.63, 3.8) is 0 Å². The number of benzene rings is 2. The fourth-order valence-corrected chi connectivity index (χ4v) is 3.27. The van der Waals surface area contributed by atoms with Crippen molar-refractivity contribution in [3.8, 4) is 11.1 Å². The molecule has 0 amide bonds. The topological polar surface area (TPSA) is 38.0 Å². The molecule has 114 valence electrons. The lowest BCUT2D eigenvalue weighted by Gasteiger charge is -2.06. The largest absolute Gasteiger partial charge is 0.396 e. The SMILES string of the molecule is Cn1c2ccc(-c3cccc(CCO)c3)cc2c2ccncc21. The van der Waals surface area contributed by atoms with Crippen LogP contribution in [0.3, 0.4) is 0 Å². The van der Waals surface area contributed by atoms with E-state index in [4.69, 9.17) is 5.11 Å². The highest BCUT2D eigenvalue weighted by molar-refractivity contribution is 6.08. The van der Waals surface area contributed by atoms with Crippen molar-refractivity contribution in [2.75, 3.05) is 6.61 Å². The summed E-state index contributed by atoms with van der Waals surface area (Å²) in [6.07, 6.45) is 4.45. The monoisotopic (exact) mass is 302 g/mol. The van der Waals surface area contributed by atoms with Gasteiger partial charge in [0, 0.05) is 36.1 Å². The molecular formula is C20H18N2O. The second kappa shape index (κ2) is 5.52. The molecule has 3 nitrogen and oxygen atoms in total. The molecular weight excluding hydrogens is 284 g/mol. The lowest BCUT2D eigenvalue weighted by Crippen LogP contribution is -1.90. The van der Waals surface area contributed by atoms with Crippen LogP contribution in [-0.4, -0.2) is 21.3 Å². The summed E-state index contributed by atoms with van der Waals surface area (Å²) >= 11 is 0. The van der Waals surface area contributed by atoms with Crippen LogP contribution >= 0.6 is 0 Å². The lowest BCUT2D eigenvalue weighted by molar-refractivity contribution is 0.299. The summed E-state index contributed by atoms with van der Waals surface area (Å²) < 4.78 is 2.18. The summed E-state index contributed by atoms with van der Waals surface area (Å²) in [6.45, 7) is 0.179. The average molecular weight is 302 g/mol. The van der Waals surface area contributed by atoms with Crippen LogP contribution in [0.15, 0.2) is 60.9 Å². The highest BCUT2D eigenvalue weighted by Crippen LogP contribution is 2.31. The van der Waals surface area contributed by atoms with E-state index in [1.54, 1.807) is 0 Å². The minimum absolute atomic E-state index is 0.179. The van der Waals surface area contributed by atoms with E-state index in [0.717, 1.165) is 11.1 Å². The molecule has 0 saturated carbocycles. The second-order valence-corrected chi connectivity index (χ2v) is 5.86. The first-order valence-electron chi connectivity index (χ1n) is 7.80. The fraction of sp³-hybridized carbons (Fsp3) is 0.150. The standard InChI is InChI=1S/C20H18N2O/c1-22-19-6-5-16(15-4-2-3-14(11-15)8-10-23)12-18(19)17-7-9-21-13-20(17)22/h2-7,9,11-13,23H,8,10H2,1H3. The Morgan fingerprint density at radius 2 is 1.83 bits per heavy atom. The Morgan fingerprint density at radius 3 is 2.70 bits per heavy atom. The molecule has 0 unspecified atom stereocenters. The van der Waals surface area contributed by atoms with Crippen molar-refractivity contribution in [1.82, 2.24) is 9.55 Å². The molecule has 23 heavy (non-hydrogen) atoms. The predicted octanol–water partition coefficient (Wildman–Crippen LogP) is 3.93. The molecule has 0 spiro atoms. The molecule has 0 aliphatic rings. The number of hydrogen-bond acceptors (Lipinski definition) is 2. The molecule has 0 fully saturated rings. The van der Waals surface area contributed by atoms with E-state index < -0.39 is 0 Å². The Balaban J connectivity index is 1.92. The molecule has 0 bridgehead atoms. The van der Waals surface area contributed by atoms with Crippen LogP contribution in [0, 0.1) is 0 Å². The van der Waals surface area contributed by atoms with Crippen LogP contribution < -0.4 is 0 Å². The van der Waals surface area contributed by atoms with Gasteiger partial charge in [-0.2, -0.15) is 0 Å². The van der Waals surface area contributed by atoms with E-state index in [1.807, 2.05) is 12.4 Å². The third-order valence-electron chi connectivity index (χ3n) is 4.47. The molecule has 0 saturated heterocycles.